The molecule has 0 unspecified atom stereocenters. The predicted molar refractivity (Wildman–Crippen MR) is 146 cm³/mol. The summed E-state index contributed by atoms with van der Waals surface area (Å²) < 4.78 is 65.7. The number of hydrogen-bond acceptors (Lipinski definition) is 6. The Hall–Kier alpha value is -3.32. The number of aliphatic carboxylic acids is 1. The lowest BCUT2D eigenvalue weighted by atomic mass is 10.1. The maximum absolute atomic E-state index is 12.8. The summed E-state index contributed by atoms with van der Waals surface area (Å²) in [5, 5.41) is 11.3. The zero-order valence-corrected chi connectivity index (χ0v) is 23.1. The van der Waals surface area contributed by atoms with Crippen LogP contribution in [-0.2, 0) is 21.4 Å². The number of halogens is 4. The molecule has 1 saturated heterocycles. The highest BCUT2D eigenvalue weighted by molar-refractivity contribution is 7.92. The van der Waals surface area contributed by atoms with Crippen molar-refractivity contribution in [3.05, 3.63) is 83.4 Å². The highest BCUT2D eigenvalue weighted by Crippen LogP contribution is 2.26. The van der Waals surface area contributed by atoms with E-state index in [1.54, 1.807) is 60.7 Å². The molecule has 8 nitrogen and oxygen atoms in total. The van der Waals surface area contributed by atoms with Gasteiger partial charge in [0.2, 0.25) is 0 Å². The minimum atomic E-state index is -5.08. The maximum Gasteiger partial charge on any atom is 0.490 e. The number of anilines is 1. The molecule has 216 valence electrons. The second-order valence-corrected chi connectivity index (χ2v) is 11.2. The van der Waals surface area contributed by atoms with Crippen LogP contribution in [0.3, 0.4) is 0 Å². The molecule has 0 spiro atoms. The molecule has 13 heteroatoms. The van der Waals surface area contributed by atoms with Crippen molar-refractivity contribution in [1.82, 2.24) is 10.2 Å². The zero-order valence-electron chi connectivity index (χ0n) is 21.5. The Morgan fingerprint density at radius 2 is 1.62 bits per heavy atom. The van der Waals surface area contributed by atoms with Crippen molar-refractivity contribution in [1.29, 1.82) is 0 Å². The molecule has 1 aliphatic rings. The van der Waals surface area contributed by atoms with Crippen LogP contribution < -0.4 is 14.8 Å². The van der Waals surface area contributed by atoms with E-state index in [0.29, 0.717) is 28.3 Å². The van der Waals surface area contributed by atoms with Crippen LogP contribution in [0.4, 0.5) is 18.9 Å². The molecular weight excluding hydrogens is 571 g/mol. The van der Waals surface area contributed by atoms with Crippen molar-refractivity contribution in [3.8, 4) is 11.5 Å². The molecule has 1 heterocycles. The summed E-state index contributed by atoms with van der Waals surface area (Å²) in [7, 11) is -1.54. The van der Waals surface area contributed by atoms with Gasteiger partial charge in [-0.1, -0.05) is 29.8 Å². The van der Waals surface area contributed by atoms with Crippen LogP contribution in [0.1, 0.15) is 18.4 Å². The summed E-state index contributed by atoms with van der Waals surface area (Å²) in [6.45, 7) is 2.94. The molecule has 0 aromatic heterocycles. The van der Waals surface area contributed by atoms with E-state index in [1.807, 2.05) is 12.1 Å². The van der Waals surface area contributed by atoms with Gasteiger partial charge in [-0.05, 0) is 93.1 Å². The van der Waals surface area contributed by atoms with Gasteiger partial charge < -0.3 is 20.1 Å². The number of carbonyl (C=O) groups is 1. The fourth-order valence-electron chi connectivity index (χ4n) is 3.73. The molecule has 0 radical (unpaired) electrons. The molecule has 3 N–H and O–H groups in total. The fourth-order valence-corrected chi connectivity index (χ4v) is 4.97. The largest absolute Gasteiger partial charge is 0.490 e. The summed E-state index contributed by atoms with van der Waals surface area (Å²) >= 11 is 5.97. The van der Waals surface area contributed by atoms with Crippen LogP contribution in [-0.4, -0.2) is 56.7 Å². The average Bonchev–Trinajstić information content (AvgIpc) is 2.89. The fraction of sp³-hybridized carbons (Fsp3) is 0.296. The van der Waals surface area contributed by atoms with Crippen LogP contribution in [0.5, 0.6) is 11.5 Å². The van der Waals surface area contributed by atoms with E-state index in [2.05, 4.69) is 22.0 Å². The summed E-state index contributed by atoms with van der Waals surface area (Å²) in [6.07, 6.45) is -2.81. The Kier molecular flexibility index (Phi) is 10.8. The molecule has 4 rings (SSSR count). The van der Waals surface area contributed by atoms with Crippen molar-refractivity contribution >= 4 is 33.3 Å². The maximum atomic E-state index is 12.8. The molecule has 0 aliphatic carbocycles. The number of sulfonamides is 1. The normalized spacial score (nSPS) is 14.6. The van der Waals surface area contributed by atoms with Gasteiger partial charge in [0, 0.05) is 23.3 Å². The average molecular weight is 600 g/mol. The molecule has 3 aromatic rings. The highest BCUT2D eigenvalue weighted by Gasteiger charge is 2.38. The first-order valence-corrected chi connectivity index (χ1v) is 14.1. The second kappa shape index (κ2) is 13.8. The first kappa shape index (κ1) is 31.2. The van der Waals surface area contributed by atoms with Gasteiger partial charge in [-0.3, -0.25) is 4.72 Å². The van der Waals surface area contributed by atoms with Gasteiger partial charge in [-0.25, -0.2) is 13.2 Å². The number of piperidine rings is 1. The van der Waals surface area contributed by atoms with E-state index in [0.717, 1.165) is 38.0 Å². The third-order valence-electron chi connectivity index (χ3n) is 5.93. The Labute approximate surface area is 235 Å². The molecule has 1 fully saturated rings. The summed E-state index contributed by atoms with van der Waals surface area (Å²) in [5.41, 5.74) is 1.52. The smallest absolute Gasteiger partial charge is 0.475 e. The number of hydrogen-bond donors (Lipinski definition) is 3. The molecule has 40 heavy (non-hydrogen) atoms. The lowest BCUT2D eigenvalue weighted by Gasteiger charge is -2.29. The minimum Gasteiger partial charge on any atom is -0.475 e. The number of nitrogens with one attached hydrogen (secondary N) is 2. The summed E-state index contributed by atoms with van der Waals surface area (Å²) in [6, 6.07) is 21.3. The second-order valence-electron chi connectivity index (χ2n) is 9.09. The lowest BCUT2D eigenvalue weighted by Crippen LogP contribution is -2.40. The van der Waals surface area contributed by atoms with Crippen molar-refractivity contribution in [2.24, 2.45) is 0 Å². The van der Waals surface area contributed by atoms with Crippen LogP contribution in [0, 0.1) is 0 Å². The van der Waals surface area contributed by atoms with E-state index in [-0.39, 0.29) is 4.90 Å². The van der Waals surface area contributed by atoms with Gasteiger partial charge in [-0.2, -0.15) is 13.2 Å². The molecule has 1 aliphatic heterocycles. The Morgan fingerprint density at radius 1 is 1.02 bits per heavy atom. The van der Waals surface area contributed by atoms with Crippen LogP contribution in [0.15, 0.2) is 77.7 Å². The Morgan fingerprint density at radius 3 is 2.17 bits per heavy atom. The van der Waals surface area contributed by atoms with Crippen LogP contribution in [0.2, 0.25) is 5.02 Å². The van der Waals surface area contributed by atoms with Crippen molar-refractivity contribution < 1.29 is 36.2 Å². The first-order chi connectivity index (χ1) is 18.8. The molecule has 3 aromatic carbocycles. The van der Waals surface area contributed by atoms with Gasteiger partial charge >= 0.3 is 12.1 Å². The van der Waals surface area contributed by atoms with E-state index >= 15 is 0 Å². The number of ether oxygens (including phenoxy) is 1. The Bertz CT molecular complexity index is 1360. The molecule has 0 atom stereocenters. The summed E-state index contributed by atoms with van der Waals surface area (Å²) in [4.78, 5) is 11.5. The number of carboxylic acids is 1. The Balaban J connectivity index is 0.000000559. The molecular formula is C27H29ClF3N3O5S. The molecule has 0 bridgehead atoms. The predicted octanol–water partition coefficient (Wildman–Crippen LogP) is 5.75. The topological polar surface area (TPSA) is 108 Å². The third kappa shape index (κ3) is 10.0. The first-order valence-electron chi connectivity index (χ1n) is 12.2. The van der Waals surface area contributed by atoms with Gasteiger partial charge in [0.15, 0.2) is 0 Å². The number of alkyl halides is 3. The molecule has 0 amide bonds. The van der Waals surface area contributed by atoms with Crippen LogP contribution in [0.25, 0.3) is 0 Å². The van der Waals surface area contributed by atoms with Crippen LogP contribution >= 0.6 is 11.6 Å². The number of nitrogens with zero attached hydrogens (tertiary/aromatic N) is 1. The third-order valence-corrected chi connectivity index (χ3v) is 7.56. The molecule has 0 saturated carbocycles. The van der Waals surface area contributed by atoms with Gasteiger partial charge in [0.1, 0.15) is 11.5 Å². The van der Waals surface area contributed by atoms with E-state index in [9.17, 15) is 21.6 Å². The van der Waals surface area contributed by atoms with Crippen molar-refractivity contribution in [3.63, 3.8) is 0 Å². The number of likely N-dealkylation sites (tertiary alicyclic amines) is 1. The summed E-state index contributed by atoms with van der Waals surface area (Å²) in [5.74, 6) is -1.56. The number of rotatable bonds is 8. The standard InChI is InChI=1S/C25H28ClN3O3S.C2HF3O2/c1-29-15-13-21(14-16-29)27-18-19-5-11-25(12-6-19)33(30,31)28-22-7-9-23(10-8-22)32-24-4-2-3-20(26)17-24;3-2(4,5)1(6)7/h2-12,17,21,27-28H,13-16,18H2,1H3;(H,6,7). The zero-order chi connectivity index (χ0) is 29.3. The number of carboxylic acid groups (broad SMARTS) is 1. The minimum absolute atomic E-state index is 0.227. The number of benzene rings is 3. The van der Waals surface area contributed by atoms with E-state index in [4.69, 9.17) is 26.2 Å². The van der Waals surface area contributed by atoms with Gasteiger partial charge in [0.05, 0.1) is 4.90 Å². The van der Waals surface area contributed by atoms with Gasteiger partial charge in [0.25, 0.3) is 10.0 Å². The monoisotopic (exact) mass is 599 g/mol. The highest BCUT2D eigenvalue weighted by atomic mass is 35.5. The quantitative estimate of drug-likeness (QED) is 0.303. The van der Waals surface area contributed by atoms with E-state index < -0.39 is 22.2 Å². The van der Waals surface area contributed by atoms with Crippen molar-refractivity contribution in [2.75, 3.05) is 24.9 Å². The lowest BCUT2D eigenvalue weighted by molar-refractivity contribution is -0.192. The van der Waals surface area contributed by atoms with Gasteiger partial charge in [-0.15, -0.1) is 0 Å². The SMILES string of the molecule is CN1CCC(NCc2ccc(S(=O)(=O)Nc3ccc(Oc4cccc(Cl)c4)cc3)cc2)CC1.O=C(O)C(F)(F)F. The van der Waals surface area contributed by atoms with E-state index in [1.165, 1.54) is 0 Å². The van der Waals surface area contributed by atoms with Crippen molar-refractivity contribution in [2.45, 2.75) is 36.5 Å².